The van der Waals surface area contributed by atoms with Gasteiger partial charge in [-0.25, -0.2) is 9.97 Å². The Balaban J connectivity index is 1.42. The van der Waals surface area contributed by atoms with Crippen LogP contribution in [-0.2, 0) is 6.54 Å². The number of hydrogen-bond acceptors (Lipinski definition) is 6. The summed E-state index contributed by atoms with van der Waals surface area (Å²) in [6, 6.07) is 17.7. The zero-order valence-electron chi connectivity index (χ0n) is 19.0. The number of benzene rings is 1. The van der Waals surface area contributed by atoms with Crippen LogP contribution in [0.5, 0.6) is 0 Å². The number of nitrogens with one attached hydrogen (secondary N) is 1. The largest absolute Gasteiger partial charge is 0.368 e. The summed E-state index contributed by atoms with van der Waals surface area (Å²) in [4.78, 5) is 27.1. The first-order valence-corrected chi connectivity index (χ1v) is 11.4. The van der Waals surface area contributed by atoms with Crippen LogP contribution in [-0.4, -0.2) is 52.7 Å². The van der Waals surface area contributed by atoms with Crippen molar-refractivity contribution >= 4 is 28.2 Å². The molecule has 3 aromatic heterocycles. The van der Waals surface area contributed by atoms with E-state index >= 15 is 0 Å². The zero-order chi connectivity index (χ0) is 22.8. The van der Waals surface area contributed by atoms with Gasteiger partial charge < -0.3 is 19.7 Å². The molecule has 0 radical (unpaired) electrons. The minimum atomic E-state index is 0.00278. The van der Waals surface area contributed by atoms with Crippen molar-refractivity contribution in [3.05, 3.63) is 77.3 Å². The molecule has 5 rings (SSSR count). The van der Waals surface area contributed by atoms with Gasteiger partial charge in [0.2, 0.25) is 0 Å². The summed E-state index contributed by atoms with van der Waals surface area (Å²) in [7, 11) is 2.15. The van der Waals surface area contributed by atoms with Crippen LogP contribution in [0, 0.1) is 0 Å². The quantitative estimate of drug-likeness (QED) is 0.507. The highest BCUT2D eigenvalue weighted by atomic mass is 16.1. The molecule has 0 amide bonds. The number of nitrogens with zero attached hydrogens (tertiary/aromatic N) is 5. The first-order chi connectivity index (χ1) is 16.1. The normalized spacial score (nSPS) is 14.5. The van der Waals surface area contributed by atoms with E-state index in [1.807, 2.05) is 67.8 Å². The summed E-state index contributed by atoms with van der Waals surface area (Å²) in [5.74, 6) is 1.39. The highest BCUT2D eigenvalue weighted by Crippen LogP contribution is 2.24. The summed E-state index contributed by atoms with van der Waals surface area (Å²) in [5, 5.41) is 4.22. The number of hydrogen-bond donors (Lipinski definition) is 1. The van der Waals surface area contributed by atoms with E-state index in [1.165, 1.54) is 0 Å². The van der Waals surface area contributed by atoms with Crippen LogP contribution in [0.1, 0.15) is 6.92 Å². The highest BCUT2D eigenvalue weighted by molar-refractivity contribution is 5.85. The molecule has 1 fully saturated rings. The third-order valence-corrected chi connectivity index (χ3v) is 6.25. The van der Waals surface area contributed by atoms with E-state index in [-0.39, 0.29) is 5.56 Å². The molecule has 0 spiro atoms. The fourth-order valence-electron chi connectivity index (χ4n) is 4.32. The van der Waals surface area contributed by atoms with E-state index in [9.17, 15) is 4.79 Å². The lowest BCUT2D eigenvalue weighted by Gasteiger charge is -2.33. The van der Waals surface area contributed by atoms with Crippen LogP contribution in [0.3, 0.4) is 0 Å². The van der Waals surface area contributed by atoms with Crippen molar-refractivity contribution in [1.82, 2.24) is 19.4 Å². The maximum Gasteiger partial charge on any atom is 0.258 e. The molecular formula is C26H28N6O. The average Bonchev–Trinajstić information content (AvgIpc) is 2.85. The van der Waals surface area contributed by atoms with Crippen molar-refractivity contribution in [3.8, 4) is 11.1 Å². The van der Waals surface area contributed by atoms with E-state index in [2.05, 4.69) is 38.2 Å². The van der Waals surface area contributed by atoms with Gasteiger partial charge in [-0.15, -0.1) is 0 Å². The number of rotatable bonds is 5. The van der Waals surface area contributed by atoms with Crippen LogP contribution < -0.4 is 15.8 Å². The monoisotopic (exact) mass is 440 g/mol. The molecule has 4 heterocycles. The van der Waals surface area contributed by atoms with Crippen LogP contribution in [0.4, 0.5) is 17.3 Å². The molecule has 0 atom stereocenters. The molecule has 0 bridgehead atoms. The van der Waals surface area contributed by atoms with Crippen molar-refractivity contribution in [2.75, 3.05) is 43.4 Å². The molecule has 0 saturated carbocycles. The first-order valence-electron chi connectivity index (χ1n) is 11.4. The maximum absolute atomic E-state index is 13.2. The van der Waals surface area contributed by atoms with Crippen molar-refractivity contribution < 1.29 is 0 Å². The van der Waals surface area contributed by atoms with Crippen molar-refractivity contribution in [1.29, 1.82) is 0 Å². The third kappa shape index (κ3) is 4.32. The number of aromatic nitrogens is 3. The van der Waals surface area contributed by atoms with Gasteiger partial charge in [0.25, 0.3) is 5.56 Å². The molecule has 33 heavy (non-hydrogen) atoms. The van der Waals surface area contributed by atoms with E-state index in [0.29, 0.717) is 17.9 Å². The van der Waals surface area contributed by atoms with E-state index in [0.717, 1.165) is 54.2 Å². The van der Waals surface area contributed by atoms with Gasteiger partial charge in [0, 0.05) is 55.9 Å². The number of pyridine rings is 3. The summed E-state index contributed by atoms with van der Waals surface area (Å²) in [6.07, 6.45) is 3.72. The van der Waals surface area contributed by atoms with Gasteiger partial charge >= 0.3 is 0 Å². The van der Waals surface area contributed by atoms with Crippen LogP contribution in [0.2, 0.25) is 0 Å². The van der Waals surface area contributed by atoms with Gasteiger partial charge in [-0.1, -0.05) is 30.3 Å². The molecule has 4 aromatic rings. The summed E-state index contributed by atoms with van der Waals surface area (Å²) < 4.78 is 1.80. The van der Waals surface area contributed by atoms with Crippen molar-refractivity contribution in [2.24, 2.45) is 0 Å². The standard InChI is InChI=1S/C26H28N6O/c1-3-32-23-16-25(27-17-20(23)15-22(26(32)33)19-7-5-4-6-8-19)29-24-10-9-21(18-28-24)31-13-11-30(2)12-14-31/h4-10,15-18H,3,11-14H2,1-2H3,(H,27,28,29). The Morgan fingerprint density at radius 3 is 2.36 bits per heavy atom. The van der Waals surface area contributed by atoms with E-state index < -0.39 is 0 Å². The lowest BCUT2D eigenvalue weighted by Crippen LogP contribution is -2.44. The lowest BCUT2D eigenvalue weighted by atomic mass is 10.1. The summed E-state index contributed by atoms with van der Waals surface area (Å²) in [5.41, 5.74) is 3.59. The van der Waals surface area contributed by atoms with Crippen molar-refractivity contribution in [2.45, 2.75) is 13.5 Å². The van der Waals surface area contributed by atoms with Crippen LogP contribution in [0.15, 0.2) is 71.8 Å². The molecule has 7 nitrogen and oxygen atoms in total. The number of aryl methyl sites for hydroxylation is 1. The predicted molar refractivity (Wildman–Crippen MR) is 134 cm³/mol. The second kappa shape index (κ2) is 9.03. The van der Waals surface area contributed by atoms with Gasteiger partial charge in [-0.2, -0.15) is 0 Å². The summed E-state index contributed by atoms with van der Waals surface area (Å²) in [6.45, 7) is 6.71. The smallest absolute Gasteiger partial charge is 0.258 e. The van der Waals surface area contributed by atoms with Gasteiger partial charge in [0.1, 0.15) is 11.6 Å². The Hall–Kier alpha value is -3.71. The maximum atomic E-state index is 13.2. The Kier molecular flexibility index (Phi) is 5.79. The second-order valence-corrected chi connectivity index (χ2v) is 8.42. The van der Waals surface area contributed by atoms with E-state index in [4.69, 9.17) is 0 Å². The average molecular weight is 441 g/mol. The molecule has 168 valence electrons. The minimum Gasteiger partial charge on any atom is -0.368 e. The van der Waals surface area contributed by atoms with Gasteiger partial charge in [0.05, 0.1) is 17.4 Å². The van der Waals surface area contributed by atoms with E-state index in [1.54, 1.807) is 4.57 Å². The number of fused-ring (bicyclic) bond motifs is 1. The molecular weight excluding hydrogens is 412 g/mol. The van der Waals surface area contributed by atoms with Crippen LogP contribution in [0.25, 0.3) is 22.0 Å². The highest BCUT2D eigenvalue weighted by Gasteiger charge is 2.15. The van der Waals surface area contributed by atoms with Gasteiger partial charge in [-0.05, 0) is 37.7 Å². The summed E-state index contributed by atoms with van der Waals surface area (Å²) >= 11 is 0. The minimum absolute atomic E-state index is 0.00278. The topological polar surface area (TPSA) is 66.3 Å². The molecule has 1 aliphatic rings. The van der Waals surface area contributed by atoms with Gasteiger partial charge in [-0.3, -0.25) is 4.79 Å². The molecule has 1 N–H and O–H groups in total. The third-order valence-electron chi connectivity index (χ3n) is 6.25. The molecule has 0 aliphatic carbocycles. The Morgan fingerprint density at radius 2 is 1.67 bits per heavy atom. The Morgan fingerprint density at radius 1 is 0.909 bits per heavy atom. The molecule has 1 saturated heterocycles. The predicted octanol–water partition coefficient (Wildman–Crippen LogP) is 3.97. The number of anilines is 3. The van der Waals surface area contributed by atoms with Crippen molar-refractivity contribution in [3.63, 3.8) is 0 Å². The fraction of sp³-hybridized carbons (Fsp3) is 0.269. The number of piperazine rings is 1. The Labute approximate surface area is 193 Å². The fourth-order valence-corrected chi connectivity index (χ4v) is 4.32. The number of likely N-dealkylation sites (N-methyl/N-ethyl adjacent to an activating group) is 1. The molecule has 1 aliphatic heterocycles. The first kappa shape index (κ1) is 21.2. The lowest BCUT2D eigenvalue weighted by molar-refractivity contribution is 0.313. The molecule has 1 aromatic carbocycles. The van der Waals surface area contributed by atoms with Gasteiger partial charge in [0.15, 0.2) is 0 Å². The molecule has 7 heteroatoms. The second-order valence-electron chi connectivity index (χ2n) is 8.42. The van der Waals surface area contributed by atoms with Crippen LogP contribution >= 0.6 is 0 Å². The SMILES string of the molecule is CCn1c(=O)c(-c2ccccc2)cc2cnc(Nc3ccc(N4CCN(C)CC4)cn3)cc21. The molecule has 0 unspecified atom stereocenters. The zero-order valence-corrected chi connectivity index (χ0v) is 19.0. The Bertz CT molecular complexity index is 1310.